The fraction of sp³-hybridized carbons (Fsp3) is 0.875. The second-order valence-electron chi connectivity index (χ2n) is 5.31. The van der Waals surface area contributed by atoms with Gasteiger partial charge in [0.05, 0.1) is 16.0 Å². The molecule has 3 unspecified atom stereocenters. The van der Waals surface area contributed by atoms with Crippen molar-refractivity contribution in [2.45, 2.75) is 24.0 Å². The zero-order valence-corrected chi connectivity index (χ0v) is 33.9. The van der Waals surface area contributed by atoms with Crippen molar-refractivity contribution >= 4 is 38.6 Å². The summed E-state index contributed by atoms with van der Waals surface area (Å²) in [5.41, 5.74) is 0. The van der Waals surface area contributed by atoms with Crippen LogP contribution in [-0.4, -0.2) is 47.0 Å². The molecule has 0 rings (SSSR count). The SMILES string of the molecule is CC(CC(CP(=O)([O-])CC(P(=O)([O-])[O-])P(=O)([O-])[O-])C(=O)O)S(=O)(=O)[O-].[Na+].[Na+].[Na+].[Na+].[Na+].[Na+]. The molecule has 0 aliphatic carbocycles. The molecule has 31 heavy (non-hydrogen) atoms. The van der Waals surface area contributed by atoms with Gasteiger partial charge in [-0.15, -0.1) is 0 Å². The van der Waals surface area contributed by atoms with Crippen molar-refractivity contribution in [2.75, 3.05) is 12.3 Å². The van der Waals surface area contributed by atoms with E-state index in [9.17, 15) is 55.9 Å². The zero-order valence-electron chi connectivity index (χ0n) is 18.4. The first-order valence-corrected chi connectivity index (χ1v) is 13.0. The van der Waals surface area contributed by atoms with E-state index in [1.807, 2.05) is 0 Å². The van der Waals surface area contributed by atoms with Crippen LogP contribution in [0.2, 0.25) is 0 Å². The van der Waals surface area contributed by atoms with Crippen LogP contribution >= 0.6 is 22.6 Å². The van der Waals surface area contributed by atoms with Crippen LogP contribution in [0, 0.1) is 5.92 Å². The van der Waals surface area contributed by atoms with Crippen LogP contribution in [0.5, 0.6) is 0 Å². The topological polar surface area (TPSA) is 261 Å². The average molecular weight is 580 g/mol. The molecule has 0 aliphatic heterocycles. The largest absolute Gasteiger partial charge is 1.00 e. The fourth-order valence-corrected chi connectivity index (χ4v) is 8.37. The summed E-state index contributed by atoms with van der Waals surface area (Å²) in [7, 11) is -22.5. The first-order chi connectivity index (χ1) is 10.8. The average Bonchev–Trinajstić information content (AvgIpc) is 2.31. The number of hydrogen-bond acceptors (Lipinski definition) is 12. The number of carboxylic acids is 1. The van der Waals surface area contributed by atoms with Crippen LogP contribution < -0.4 is 202 Å². The summed E-state index contributed by atoms with van der Waals surface area (Å²) in [4.78, 5) is 66.0. The third-order valence-corrected chi connectivity index (χ3v) is 10.3. The second kappa shape index (κ2) is 21.7. The number of carbonyl (C=O) groups is 1. The van der Waals surface area contributed by atoms with Crippen molar-refractivity contribution in [2.24, 2.45) is 5.92 Å². The Labute approximate surface area is 313 Å². The zero-order chi connectivity index (χ0) is 20.4. The van der Waals surface area contributed by atoms with E-state index in [1.165, 1.54) is 0 Å². The van der Waals surface area contributed by atoms with Gasteiger partial charge in [0.25, 0.3) is 0 Å². The summed E-state index contributed by atoms with van der Waals surface area (Å²) in [6.07, 6.45) is -4.35. The minimum absolute atomic E-state index is 0. The molecule has 23 heteroatoms. The minimum Gasteiger partial charge on any atom is -0.810 e. The molecule has 0 amide bonds. The molecule has 0 saturated carbocycles. The van der Waals surface area contributed by atoms with Gasteiger partial charge in [-0.25, -0.2) is 8.42 Å². The standard InChI is InChI=1S/C8H19O13P3S.6Na/c1-5(25(19,20)21)2-6(8(9)10)3-22(11,12)4-7(23(13,14)15)24(16,17)18;;;;;;/h5-7H,2-4H2,1H3,(H,9,10)(H,11,12)(H2,13,14,15)(H2,16,17,18)(H,19,20,21);;;;;;/q;6*+1/p-6. The Morgan fingerprint density at radius 2 is 1.16 bits per heavy atom. The Bertz CT molecular complexity index is 732. The van der Waals surface area contributed by atoms with Gasteiger partial charge in [-0.2, -0.15) is 0 Å². The van der Waals surface area contributed by atoms with Crippen molar-refractivity contribution in [3.63, 3.8) is 0 Å². The summed E-state index contributed by atoms with van der Waals surface area (Å²) in [5, 5.41) is 3.76. The molecule has 0 fully saturated rings. The first-order valence-electron chi connectivity index (χ1n) is 6.27. The van der Waals surface area contributed by atoms with E-state index in [0.29, 0.717) is 0 Å². The van der Waals surface area contributed by atoms with Crippen molar-refractivity contribution in [1.82, 2.24) is 0 Å². The molecule has 0 spiro atoms. The number of carboxylic acid groups (broad SMARTS) is 1. The molecule has 150 valence electrons. The van der Waals surface area contributed by atoms with E-state index >= 15 is 0 Å². The van der Waals surface area contributed by atoms with Gasteiger partial charge in [0.15, 0.2) is 0 Å². The van der Waals surface area contributed by atoms with E-state index in [-0.39, 0.29) is 177 Å². The van der Waals surface area contributed by atoms with E-state index in [1.54, 1.807) is 0 Å². The summed E-state index contributed by atoms with van der Waals surface area (Å²) in [6.45, 7) is 0.809. The molecular formula is C8H13Na6O13P3S. The number of aliphatic carboxylic acids is 1. The predicted molar refractivity (Wildman–Crippen MR) is 71.2 cm³/mol. The van der Waals surface area contributed by atoms with Gasteiger partial charge in [-0.3, -0.25) is 4.79 Å². The molecule has 0 saturated heterocycles. The Morgan fingerprint density at radius 3 is 1.39 bits per heavy atom. The third-order valence-electron chi connectivity index (χ3n) is 3.13. The molecule has 0 heterocycles. The van der Waals surface area contributed by atoms with Crippen LogP contribution in [0.4, 0.5) is 0 Å². The summed E-state index contributed by atoms with van der Waals surface area (Å²) >= 11 is 0. The maximum absolute atomic E-state index is 11.8. The molecular weight excluding hydrogens is 567 g/mol. The summed E-state index contributed by atoms with van der Waals surface area (Å²) < 4.78 is 65.7. The number of hydrogen-bond donors (Lipinski definition) is 1. The molecule has 1 N–H and O–H groups in total. The Hall–Kier alpha value is 5.87. The normalized spacial score (nSPS) is 15.0. The molecule has 0 radical (unpaired) electrons. The van der Waals surface area contributed by atoms with Gasteiger partial charge < -0.3 is 47.8 Å². The maximum atomic E-state index is 11.8. The van der Waals surface area contributed by atoms with Gasteiger partial charge in [-0.1, -0.05) is 15.2 Å². The molecule has 0 aliphatic rings. The monoisotopic (exact) mass is 580 g/mol. The second-order valence-corrected chi connectivity index (χ2v) is 13.3. The molecule has 0 aromatic carbocycles. The van der Waals surface area contributed by atoms with Crippen LogP contribution in [0.15, 0.2) is 0 Å². The number of rotatable bonds is 10. The van der Waals surface area contributed by atoms with Gasteiger partial charge >= 0.3 is 183 Å². The summed E-state index contributed by atoms with van der Waals surface area (Å²) in [6, 6.07) is 0. The van der Waals surface area contributed by atoms with Crippen molar-refractivity contribution in [1.29, 1.82) is 0 Å². The van der Waals surface area contributed by atoms with Crippen molar-refractivity contribution in [3.05, 3.63) is 0 Å². The van der Waals surface area contributed by atoms with Crippen LogP contribution in [0.3, 0.4) is 0 Å². The molecule has 0 bridgehead atoms. The van der Waals surface area contributed by atoms with Crippen LogP contribution in [-0.2, 0) is 28.6 Å². The van der Waals surface area contributed by atoms with E-state index in [2.05, 4.69) is 0 Å². The van der Waals surface area contributed by atoms with Crippen LogP contribution in [0.25, 0.3) is 0 Å². The van der Waals surface area contributed by atoms with E-state index in [0.717, 1.165) is 6.92 Å². The quantitative estimate of drug-likeness (QED) is 0.143. The summed E-state index contributed by atoms with van der Waals surface area (Å²) in [5.74, 6) is -3.86. The van der Waals surface area contributed by atoms with Gasteiger partial charge in [-0.05, 0) is 13.3 Å². The third kappa shape index (κ3) is 23.5. The van der Waals surface area contributed by atoms with Crippen molar-refractivity contribution < 1.29 is 238 Å². The van der Waals surface area contributed by atoms with Gasteiger partial charge in [0.1, 0.15) is 0 Å². The molecule has 13 nitrogen and oxygen atoms in total. The predicted octanol–water partition coefficient (Wildman–Crippen LogP) is -22.2. The molecule has 0 aromatic heterocycles. The van der Waals surface area contributed by atoms with Gasteiger partial charge in [0, 0.05) is 30.3 Å². The minimum atomic E-state index is -6.17. The van der Waals surface area contributed by atoms with Crippen LogP contribution in [0.1, 0.15) is 13.3 Å². The smallest absolute Gasteiger partial charge is 0.810 e. The molecule has 0 aromatic rings. The Kier molecular flexibility index (Phi) is 37.2. The molecule has 3 atom stereocenters. The fourth-order valence-electron chi connectivity index (χ4n) is 1.80. The van der Waals surface area contributed by atoms with Crippen molar-refractivity contribution in [3.8, 4) is 0 Å². The Balaban J connectivity index is -0.000000192. The Morgan fingerprint density at radius 1 is 0.839 bits per heavy atom. The van der Waals surface area contributed by atoms with E-state index in [4.69, 9.17) is 5.11 Å². The first kappa shape index (κ1) is 53.2. The van der Waals surface area contributed by atoms with Gasteiger partial charge in [0.2, 0.25) is 0 Å². The maximum Gasteiger partial charge on any atom is 1.00 e. The van der Waals surface area contributed by atoms with E-state index < -0.39 is 74.0 Å².